The van der Waals surface area contributed by atoms with Crippen LogP contribution in [0.5, 0.6) is 0 Å². The van der Waals surface area contributed by atoms with Crippen molar-refractivity contribution in [3.63, 3.8) is 0 Å². The average molecular weight is 408 g/mol. The number of aryl methyl sites for hydroxylation is 1. The van der Waals surface area contributed by atoms with Gasteiger partial charge in [-0.2, -0.15) is 5.10 Å². The molecule has 1 fully saturated rings. The van der Waals surface area contributed by atoms with Crippen LogP contribution >= 0.6 is 24.8 Å². The summed E-state index contributed by atoms with van der Waals surface area (Å²) in [4.78, 5) is 17.1. The highest BCUT2D eigenvalue weighted by Gasteiger charge is 2.34. The Balaban J connectivity index is 0.00000131. The Morgan fingerprint density at radius 2 is 2.07 bits per heavy atom. The summed E-state index contributed by atoms with van der Waals surface area (Å²) in [7, 11) is 1.90. The summed E-state index contributed by atoms with van der Waals surface area (Å²) in [6, 6.07) is 10.1. The zero-order valence-electron chi connectivity index (χ0n) is 15.0. The fourth-order valence-electron chi connectivity index (χ4n) is 3.47. The fraction of sp³-hybridized carbons (Fsp3) is 0.316. The molecule has 0 bridgehead atoms. The molecular formula is C19H23Cl2N5O. The van der Waals surface area contributed by atoms with Gasteiger partial charge in [0.25, 0.3) is 0 Å². The number of para-hydroxylation sites is 1. The highest BCUT2D eigenvalue weighted by molar-refractivity contribution is 5.85. The van der Waals surface area contributed by atoms with Crippen molar-refractivity contribution < 1.29 is 4.79 Å². The van der Waals surface area contributed by atoms with Crippen molar-refractivity contribution in [3.8, 4) is 0 Å². The average Bonchev–Trinajstić information content (AvgIpc) is 3.28. The summed E-state index contributed by atoms with van der Waals surface area (Å²) in [6.07, 6.45) is 5.67. The van der Waals surface area contributed by atoms with Gasteiger partial charge in [-0.05, 0) is 23.3 Å². The quantitative estimate of drug-likeness (QED) is 0.696. The van der Waals surface area contributed by atoms with Gasteiger partial charge >= 0.3 is 0 Å². The highest BCUT2D eigenvalue weighted by atomic mass is 35.5. The summed E-state index contributed by atoms with van der Waals surface area (Å²) in [5, 5.41) is 11.7. The maximum atomic E-state index is 12.7. The Morgan fingerprint density at radius 1 is 1.26 bits per heavy atom. The number of carbonyl (C=O) groups excluding carboxylic acids is 1. The van der Waals surface area contributed by atoms with Crippen molar-refractivity contribution in [2.24, 2.45) is 13.0 Å². The number of rotatable bonds is 4. The van der Waals surface area contributed by atoms with Crippen LogP contribution < -0.4 is 10.6 Å². The Morgan fingerprint density at radius 3 is 2.85 bits per heavy atom. The van der Waals surface area contributed by atoms with Crippen LogP contribution in [0.15, 0.2) is 48.9 Å². The zero-order valence-corrected chi connectivity index (χ0v) is 16.6. The normalized spacial score (nSPS) is 18.6. The van der Waals surface area contributed by atoms with Gasteiger partial charge in [0.15, 0.2) is 0 Å². The summed E-state index contributed by atoms with van der Waals surface area (Å²) in [5.74, 6) is 0.174. The number of pyridine rings is 1. The van der Waals surface area contributed by atoms with Crippen LogP contribution in [0, 0.1) is 5.92 Å². The molecule has 1 saturated heterocycles. The van der Waals surface area contributed by atoms with E-state index in [-0.39, 0.29) is 42.6 Å². The molecule has 1 aliphatic heterocycles. The maximum absolute atomic E-state index is 12.7. The van der Waals surface area contributed by atoms with Gasteiger partial charge in [0.1, 0.15) is 0 Å². The molecule has 0 saturated carbocycles. The van der Waals surface area contributed by atoms with Gasteiger partial charge < -0.3 is 10.6 Å². The second-order valence-corrected chi connectivity index (χ2v) is 6.57. The van der Waals surface area contributed by atoms with E-state index < -0.39 is 0 Å². The lowest BCUT2D eigenvalue weighted by atomic mass is 9.90. The van der Waals surface area contributed by atoms with Crippen molar-refractivity contribution in [2.75, 3.05) is 13.1 Å². The van der Waals surface area contributed by atoms with Crippen LogP contribution in [0.1, 0.15) is 17.0 Å². The van der Waals surface area contributed by atoms with Gasteiger partial charge in [-0.1, -0.05) is 18.2 Å². The van der Waals surface area contributed by atoms with Crippen molar-refractivity contribution in [2.45, 2.75) is 12.5 Å². The standard InChI is InChI=1S/C19H21N5O.2ClH/c1-24-12-15(9-23-24)16-10-20-11-17(16)19(25)22-8-13-6-14-4-2-3-5-18(14)21-7-13;;/h2-7,9,12,16-17,20H,8,10-11H2,1H3,(H,22,25);2*1H/t16-,17+;;/m1../s1. The van der Waals surface area contributed by atoms with E-state index in [0.717, 1.165) is 28.6 Å². The number of carbonyl (C=O) groups is 1. The molecule has 3 heterocycles. The number of benzene rings is 1. The third-order valence-corrected chi connectivity index (χ3v) is 4.82. The predicted molar refractivity (Wildman–Crippen MR) is 110 cm³/mol. The smallest absolute Gasteiger partial charge is 0.225 e. The number of aromatic nitrogens is 3. The third kappa shape index (κ3) is 4.58. The lowest BCUT2D eigenvalue weighted by Gasteiger charge is -2.17. The summed E-state index contributed by atoms with van der Waals surface area (Å²) < 4.78 is 1.78. The minimum absolute atomic E-state index is 0. The Kier molecular flexibility index (Phi) is 7.18. The lowest BCUT2D eigenvalue weighted by molar-refractivity contribution is -0.125. The van der Waals surface area contributed by atoms with E-state index in [1.165, 1.54) is 0 Å². The van der Waals surface area contributed by atoms with Gasteiger partial charge in [0.05, 0.1) is 17.6 Å². The van der Waals surface area contributed by atoms with Crippen molar-refractivity contribution in [1.82, 2.24) is 25.4 Å². The van der Waals surface area contributed by atoms with Crippen LogP contribution in [0.25, 0.3) is 10.9 Å². The topological polar surface area (TPSA) is 71.8 Å². The van der Waals surface area contributed by atoms with Gasteiger partial charge in [0.2, 0.25) is 5.91 Å². The van der Waals surface area contributed by atoms with Crippen molar-refractivity contribution in [1.29, 1.82) is 0 Å². The van der Waals surface area contributed by atoms with E-state index in [9.17, 15) is 4.79 Å². The largest absolute Gasteiger partial charge is 0.352 e. The molecule has 2 atom stereocenters. The molecule has 0 aliphatic carbocycles. The second-order valence-electron chi connectivity index (χ2n) is 6.57. The monoisotopic (exact) mass is 407 g/mol. The number of fused-ring (bicyclic) bond motifs is 1. The molecule has 3 aromatic rings. The van der Waals surface area contributed by atoms with E-state index in [0.29, 0.717) is 13.1 Å². The van der Waals surface area contributed by atoms with Crippen molar-refractivity contribution in [3.05, 3.63) is 60.0 Å². The molecule has 144 valence electrons. The van der Waals surface area contributed by atoms with Crippen LogP contribution in [0.4, 0.5) is 0 Å². The van der Waals surface area contributed by atoms with Gasteiger partial charge in [0, 0.05) is 50.4 Å². The molecule has 2 N–H and O–H groups in total. The summed E-state index contributed by atoms with van der Waals surface area (Å²) >= 11 is 0. The molecule has 6 nitrogen and oxygen atoms in total. The van der Waals surface area contributed by atoms with E-state index in [4.69, 9.17) is 0 Å². The molecule has 4 rings (SSSR count). The predicted octanol–water partition coefficient (Wildman–Crippen LogP) is 2.43. The minimum atomic E-state index is -0.0717. The van der Waals surface area contributed by atoms with Crippen LogP contribution in [-0.4, -0.2) is 33.8 Å². The number of nitrogens with zero attached hydrogens (tertiary/aromatic N) is 3. The van der Waals surface area contributed by atoms with E-state index in [1.54, 1.807) is 4.68 Å². The first-order chi connectivity index (χ1) is 12.2. The van der Waals surface area contributed by atoms with Gasteiger partial charge in [-0.3, -0.25) is 14.5 Å². The second kappa shape index (κ2) is 9.17. The Bertz CT molecular complexity index is 914. The number of nitrogens with one attached hydrogen (secondary N) is 2. The minimum Gasteiger partial charge on any atom is -0.352 e. The molecular weight excluding hydrogens is 385 g/mol. The number of hydrogen-bond donors (Lipinski definition) is 2. The molecule has 0 spiro atoms. The van der Waals surface area contributed by atoms with E-state index >= 15 is 0 Å². The molecule has 0 radical (unpaired) electrons. The first-order valence-electron chi connectivity index (χ1n) is 8.51. The van der Waals surface area contributed by atoms with Gasteiger partial charge in [-0.25, -0.2) is 0 Å². The number of halogens is 2. The molecule has 8 heteroatoms. The van der Waals surface area contributed by atoms with E-state index in [1.807, 2.05) is 49.9 Å². The first-order valence-corrected chi connectivity index (χ1v) is 8.51. The Labute approximate surface area is 170 Å². The zero-order chi connectivity index (χ0) is 17.2. The molecule has 2 aromatic heterocycles. The first kappa shape index (κ1) is 21.2. The number of amides is 1. The van der Waals surface area contributed by atoms with Crippen LogP contribution in [0.3, 0.4) is 0 Å². The molecule has 27 heavy (non-hydrogen) atoms. The molecule has 1 aliphatic rings. The van der Waals surface area contributed by atoms with Gasteiger partial charge in [-0.15, -0.1) is 24.8 Å². The SMILES string of the molecule is Cl.Cl.Cn1cc([C@H]2CNC[C@@H]2C(=O)NCc2cnc3ccccc3c2)cn1. The summed E-state index contributed by atoms with van der Waals surface area (Å²) in [5.41, 5.74) is 3.09. The Hall–Kier alpha value is -2.15. The van der Waals surface area contributed by atoms with Crippen molar-refractivity contribution >= 4 is 41.6 Å². The van der Waals surface area contributed by atoms with Crippen LogP contribution in [0.2, 0.25) is 0 Å². The maximum Gasteiger partial charge on any atom is 0.225 e. The third-order valence-electron chi connectivity index (χ3n) is 4.82. The summed E-state index contributed by atoms with van der Waals surface area (Å²) in [6.45, 7) is 2.00. The highest BCUT2D eigenvalue weighted by Crippen LogP contribution is 2.28. The molecule has 1 aromatic carbocycles. The number of hydrogen-bond acceptors (Lipinski definition) is 4. The molecule has 1 amide bonds. The molecule has 0 unspecified atom stereocenters. The lowest BCUT2D eigenvalue weighted by Crippen LogP contribution is -2.34. The fourth-order valence-corrected chi connectivity index (χ4v) is 3.47. The van der Waals surface area contributed by atoms with E-state index in [2.05, 4.69) is 26.8 Å². The van der Waals surface area contributed by atoms with Crippen LogP contribution in [-0.2, 0) is 18.4 Å².